The third-order valence-electron chi connectivity index (χ3n) is 5.50. The highest BCUT2D eigenvalue weighted by Gasteiger charge is 2.26. The molecular weight excluding hydrogens is 374 g/mol. The third kappa shape index (κ3) is 5.25. The largest absolute Gasteiger partial charge is 0.496 e. The summed E-state index contributed by atoms with van der Waals surface area (Å²) in [5.41, 5.74) is 4.30. The summed E-state index contributed by atoms with van der Waals surface area (Å²) in [5.74, 6) is 0.979. The van der Waals surface area contributed by atoms with Gasteiger partial charge in [-0.1, -0.05) is 29.8 Å². The molecule has 3 N–H and O–H groups in total. The van der Waals surface area contributed by atoms with Crippen molar-refractivity contribution >= 4 is 23.2 Å². The first-order valence-corrected chi connectivity index (χ1v) is 10.2. The minimum atomic E-state index is 0.0901. The Hall–Kier alpha value is -2.08. The van der Waals surface area contributed by atoms with Gasteiger partial charge in [-0.2, -0.15) is 0 Å². The summed E-state index contributed by atoms with van der Waals surface area (Å²) in [6.45, 7) is 9.50. The van der Waals surface area contributed by atoms with Crippen LogP contribution in [0.1, 0.15) is 16.7 Å². The number of hydrogen-bond donors (Lipinski definition) is 3. The van der Waals surface area contributed by atoms with Crippen LogP contribution in [-0.2, 0) is 11.3 Å². The Kier molecular flexibility index (Phi) is 6.94. The summed E-state index contributed by atoms with van der Waals surface area (Å²) < 4.78 is 5.46. The van der Waals surface area contributed by atoms with Gasteiger partial charge in [-0.15, -0.1) is 0 Å². The van der Waals surface area contributed by atoms with E-state index in [1.165, 1.54) is 9.80 Å². The normalized spacial score (nSPS) is 19.3. The Bertz CT molecular complexity index is 812. The SMILES string of the molecule is COc1ccc(Cl)cc1C[NH+]1CC[NH+](CC(=O)Nc2c(C)cccc2C)CC1. The highest BCUT2D eigenvalue weighted by atomic mass is 35.5. The van der Waals surface area contributed by atoms with Gasteiger partial charge in [0.15, 0.2) is 6.54 Å². The standard InChI is InChI=1S/C22H28ClN3O2/c1-16-5-4-6-17(2)22(16)24-21(27)15-26-11-9-25(10-12-26)14-18-13-19(23)7-8-20(18)28-3/h4-8,13H,9-12,14-15H2,1-3H3,(H,24,27)/p+2. The van der Waals surface area contributed by atoms with E-state index in [-0.39, 0.29) is 5.91 Å². The van der Waals surface area contributed by atoms with Crippen LogP contribution in [0, 0.1) is 13.8 Å². The number of rotatable bonds is 6. The second kappa shape index (κ2) is 9.41. The Morgan fingerprint density at radius 2 is 1.71 bits per heavy atom. The molecule has 2 aromatic carbocycles. The Morgan fingerprint density at radius 3 is 2.36 bits per heavy atom. The van der Waals surface area contributed by atoms with Gasteiger partial charge in [0.2, 0.25) is 0 Å². The lowest BCUT2D eigenvalue weighted by atomic mass is 10.1. The van der Waals surface area contributed by atoms with Crippen LogP contribution < -0.4 is 19.9 Å². The number of anilines is 1. The van der Waals surface area contributed by atoms with Crippen molar-refractivity contribution in [2.75, 3.05) is 45.2 Å². The third-order valence-corrected chi connectivity index (χ3v) is 5.74. The minimum absolute atomic E-state index is 0.0901. The molecule has 0 aromatic heterocycles. The Morgan fingerprint density at radius 1 is 1.07 bits per heavy atom. The quantitative estimate of drug-likeness (QED) is 0.670. The lowest BCUT2D eigenvalue weighted by Crippen LogP contribution is -3.28. The summed E-state index contributed by atoms with van der Waals surface area (Å²) >= 11 is 6.15. The molecule has 0 spiro atoms. The monoisotopic (exact) mass is 403 g/mol. The van der Waals surface area contributed by atoms with E-state index in [4.69, 9.17) is 16.3 Å². The number of carbonyl (C=O) groups excluding carboxylic acids is 1. The summed E-state index contributed by atoms with van der Waals surface area (Å²) in [6, 6.07) is 11.9. The van der Waals surface area contributed by atoms with Crippen molar-refractivity contribution in [2.45, 2.75) is 20.4 Å². The highest BCUT2D eigenvalue weighted by Crippen LogP contribution is 2.21. The van der Waals surface area contributed by atoms with Gasteiger partial charge in [-0.3, -0.25) is 4.79 Å². The van der Waals surface area contributed by atoms with Crippen molar-refractivity contribution in [1.29, 1.82) is 0 Å². The highest BCUT2D eigenvalue weighted by molar-refractivity contribution is 6.30. The molecule has 150 valence electrons. The molecule has 1 aliphatic rings. The van der Waals surface area contributed by atoms with Crippen LogP contribution in [-0.4, -0.2) is 45.7 Å². The number of benzene rings is 2. The molecule has 1 fully saturated rings. The molecule has 6 heteroatoms. The molecule has 28 heavy (non-hydrogen) atoms. The van der Waals surface area contributed by atoms with E-state index in [1.54, 1.807) is 7.11 Å². The molecule has 0 radical (unpaired) electrons. The number of hydrogen-bond acceptors (Lipinski definition) is 2. The zero-order valence-corrected chi connectivity index (χ0v) is 17.7. The topological polar surface area (TPSA) is 47.2 Å². The molecule has 1 aliphatic heterocycles. The predicted molar refractivity (Wildman–Crippen MR) is 113 cm³/mol. The molecule has 2 aromatic rings. The van der Waals surface area contributed by atoms with E-state index in [1.807, 2.05) is 50.2 Å². The molecule has 3 rings (SSSR count). The number of methoxy groups -OCH3 is 1. The van der Waals surface area contributed by atoms with Crippen molar-refractivity contribution in [3.05, 3.63) is 58.1 Å². The second-order valence-electron chi connectivity index (χ2n) is 7.62. The van der Waals surface area contributed by atoms with Crippen molar-refractivity contribution in [2.24, 2.45) is 0 Å². The van der Waals surface area contributed by atoms with Crippen LogP contribution >= 0.6 is 11.6 Å². The number of aryl methyl sites for hydroxylation is 2. The molecule has 1 saturated heterocycles. The number of amides is 1. The van der Waals surface area contributed by atoms with Crippen LogP contribution in [0.3, 0.4) is 0 Å². The Balaban J connectivity index is 1.50. The number of nitrogens with one attached hydrogen (secondary N) is 3. The fourth-order valence-electron chi connectivity index (χ4n) is 3.89. The van der Waals surface area contributed by atoms with Crippen LogP contribution in [0.4, 0.5) is 5.69 Å². The van der Waals surface area contributed by atoms with Gasteiger partial charge >= 0.3 is 0 Å². The van der Waals surface area contributed by atoms with E-state index >= 15 is 0 Å². The van der Waals surface area contributed by atoms with Crippen LogP contribution in [0.15, 0.2) is 36.4 Å². The smallest absolute Gasteiger partial charge is 0.279 e. The predicted octanol–water partition coefficient (Wildman–Crippen LogP) is 0.888. The number of para-hydroxylation sites is 1. The van der Waals surface area contributed by atoms with E-state index in [0.29, 0.717) is 6.54 Å². The lowest BCUT2D eigenvalue weighted by Gasteiger charge is -2.29. The van der Waals surface area contributed by atoms with Gasteiger partial charge in [-0.05, 0) is 43.2 Å². The first-order chi connectivity index (χ1) is 13.5. The molecule has 0 atom stereocenters. The minimum Gasteiger partial charge on any atom is -0.496 e. The van der Waals surface area contributed by atoms with Gasteiger partial charge in [0.25, 0.3) is 5.91 Å². The van der Waals surface area contributed by atoms with Crippen molar-refractivity contribution in [3.8, 4) is 5.75 Å². The summed E-state index contributed by atoms with van der Waals surface area (Å²) in [7, 11) is 1.69. The molecule has 0 unspecified atom stereocenters. The fourth-order valence-corrected chi connectivity index (χ4v) is 4.08. The summed E-state index contributed by atoms with van der Waals surface area (Å²) in [4.78, 5) is 15.3. The average Bonchev–Trinajstić information content (AvgIpc) is 2.67. The number of ether oxygens (including phenoxy) is 1. The fraction of sp³-hybridized carbons (Fsp3) is 0.409. The first-order valence-electron chi connectivity index (χ1n) is 9.82. The molecule has 1 heterocycles. The Labute approximate surface area is 172 Å². The average molecular weight is 404 g/mol. The van der Waals surface area contributed by atoms with Gasteiger partial charge < -0.3 is 19.9 Å². The molecule has 0 saturated carbocycles. The second-order valence-corrected chi connectivity index (χ2v) is 8.06. The van der Waals surface area contributed by atoms with E-state index < -0.39 is 0 Å². The van der Waals surface area contributed by atoms with E-state index in [9.17, 15) is 4.79 Å². The van der Waals surface area contributed by atoms with Crippen LogP contribution in [0.2, 0.25) is 5.02 Å². The maximum Gasteiger partial charge on any atom is 0.279 e. The molecule has 0 aliphatic carbocycles. The van der Waals surface area contributed by atoms with E-state index in [2.05, 4.69) is 5.32 Å². The van der Waals surface area contributed by atoms with Crippen LogP contribution in [0.5, 0.6) is 5.75 Å². The molecular formula is C22H30ClN3O2+2. The maximum atomic E-state index is 12.5. The molecule has 1 amide bonds. The van der Waals surface area contributed by atoms with Gasteiger partial charge in [-0.25, -0.2) is 0 Å². The lowest BCUT2D eigenvalue weighted by molar-refractivity contribution is -1.02. The van der Waals surface area contributed by atoms with Crippen molar-refractivity contribution in [3.63, 3.8) is 0 Å². The molecule has 5 nitrogen and oxygen atoms in total. The van der Waals surface area contributed by atoms with Gasteiger partial charge in [0.1, 0.15) is 38.5 Å². The van der Waals surface area contributed by atoms with Gasteiger partial charge in [0, 0.05) is 16.3 Å². The maximum absolute atomic E-state index is 12.5. The van der Waals surface area contributed by atoms with Gasteiger partial charge in [0.05, 0.1) is 7.11 Å². The number of quaternary nitrogens is 2. The summed E-state index contributed by atoms with van der Waals surface area (Å²) in [5, 5.41) is 3.84. The summed E-state index contributed by atoms with van der Waals surface area (Å²) in [6.07, 6.45) is 0. The van der Waals surface area contributed by atoms with Crippen molar-refractivity contribution in [1.82, 2.24) is 0 Å². The number of piperazine rings is 1. The van der Waals surface area contributed by atoms with Crippen LogP contribution in [0.25, 0.3) is 0 Å². The molecule has 0 bridgehead atoms. The number of halogens is 1. The first kappa shape index (κ1) is 20.6. The zero-order chi connectivity index (χ0) is 20.1. The number of carbonyl (C=O) groups is 1. The van der Waals surface area contributed by atoms with E-state index in [0.717, 1.165) is 65.9 Å². The zero-order valence-electron chi connectivity index (χ0n) is 16.9. The van der Waals surface area contributed by atoms with Crippen molar-refractivity contribution < 1.29 is 19.3 Å².